The molecule has 0 saturated heterocycles. The van der Waals surface area contributed by atoms with E-state index in [2.05, 4.69) is 13.8 Å². The minimum absolute atomic E-state index is 0.0322. The van der Waals surface area contributed by atoms with Crippen molar-refractivity contribution in [3.8, 4) is 0 Å². The number of ether oxygens (including phenoxy) is 2. The van der Waals surface area contributed by atoms with E-state index in [1.54, 1.807) is 0 Å². The second kappa shape index (κ2) is 10.0. The Morgan fingerprint density at radius 3 is 1.33 bits per heavy atom. The van der Waals surface area contributed by atoms with E-state index in [1.165, 1.54) is 0 Å². The number of esters is 2. The predicted octanol–water partition coefficient (Wildman–Crippen LogP) is 4.51. The molecule has 0 N–H and O–H groups in total. The van der Waals surface area contributed by atoms with Gasteiger partial charge in [0.2, 0.25) is 0 Å². The molecule has 2 saturated carbocycles. The monoisotopic (exact) mass is 338 g/mol. The molecule has 0 spiro atoms. The summed E-state index contributed by atoms with van der Waals surface area (Å²) < 4.78 is 10.7. The molecule has 0 bridgehead atoms. The van der Waals surface area contributed by atoms with Crippen molar-refractivity contribution < 1.29 is 19.1 Å². The molecule has 0 amide bonds. The van der Waals surface area contributed by atoms with Gasteiger partial charge in [-0.1, -0.05) is 13.8 Å². The van der Waals surface area contributed by atoms with Crippen molar-refractivity contribution in [2.24, 2.45) is 23.7 Å². The van der Waals surface area contributed by atoms with Gasteiger partial charge >= 0.3 is 11.9 Å². The highest BCUT2D eigenvalue weighted by Crippen LogP contribution is 2.30. The van der Waals surface area contributed by atoms with Crippen molar-refractivity contribution in [3.05, 3.63) is 0 Å². The molecule has 0 aromatic rings. The van der Waals surface area contributed by atoms with Gasteiger partial charge in [0.25, 0.3) is 0 Å². The van der Waals surface area contributed by atoms with Crippen LogP contribution in [0.2, 0.25) is 0 Å². The van der Waals surface area contributed by atoms with E-state index in [9.17, 15) is 9.59 Å². The van der Waals surface area contributed by atoms with Crippen LogP contribution in [0.25, 0.3) is 0 Å². The Kier molecular flexibility index (Phi) is 8.07. The summed E-state index contributed by atoms with van der Waals surface area (Å²) >= 11 is 0. The van der Waals surface area contributed by atoms with Crippen molar-refractivity contribution in [1.29, 1.82) is 0 Å². The number of carbonyl (C=O) groups is 2. The molecule has 2 aliphatic carbocycles. The van der Waals surface area contributed by atoms with Crippen LogP contribution in [0.4, 0.5) is 0 Å². The number of carbonyl (C=O) groups excluding carboxylic acids is 2. The Bertz CT molecular complexity index is 352. The van der Waals surface area contributed by atoms with E-state index in [0.717, 1.165) is 76.0 Å². The highest BCUT2D eigenvalue weighted by atomic mass is 16.5. The topological polar surface area (TPSA) is 52.6 Å². The summed E-state index contributed by atoms with van der Waals surface area (Å²) in [5.41, 5.74) is 0. The van der Waals surface area contributed by atoms with Crippen LogP contribution in [-0.2, 0) is 19.1 Å². The average Bonchev–Trinajstić information content (AvgIpc) is 2.58. The van der Waals surface area contributed by atoms with E-state index in [0.29, 0.717) is 13.2 Å². The molecular formula is C20H34O4. The molecule has 0 atom stereocenters. The summed E-state index contributed by atoms with van der Waals surface area (Å²) in [6.07, 6.45) is 9.95. The van der Waals surface area contributed by atoms with Gasteiger partial charge < -0.3 is 9.47 Å². The zero-order valence-corrected chi connectivity index (χ0v) is 15.4. The maximum Gasteiger partial charge on any atom is 0.308 e. The third-order valence-corrected chi connectivity index (χ3v) is 5.73. The lowest BCUT2D eigenvalue weighted by Gasteiger charge is -2.24. The predicted molar refractivity (Wildman–Crippen MR) is 93.4 cm³/mol. The molecule has 4 nitrogen and oxygen atoms in total. The lowest BCUT2D eigenvalue weighted by Crippen LogP contribution is -2.24. The largest absolute Gasteiger partial charge is 0.465 e. The van der Waals surface area contributed by atoms with Crippen LogP contribution >= 0.6 is 0 Å². The zero-order chi connectivity index (χ0) is 17.4. The SMILES string of the molecule is CC1CCC(C(=O)OCCCCOC(=O)C2CCC(C)CC2)CC1. The summed E-state index contributed by atoms with van der Waals surface area (Å²) in [5, 5.41) is 0. The Balaban J connectivity index is 1.48. The highest BCUT2D eigenvalue weighted by molar-refractivity contribution is 5.72. The van der Waals surface area contributed by atoms with Gasteiger partial charge in [0.1, 0.15) is 0 Å². The second-order valence-corrected chi connectivity index (χ2v) is 7.96. The Morgan fingerprint density at radius 2 is 1.00 bits per heavy atom. The van der Waals surface area contributed by atoms with Gasteiger partial charge in [-0.2, -0.15) is 0 Å². The number of unbranched alkanes of at least 4 members (excludes halogenated alkanes) is 1. The zero-order valence-electron chi connectivity index (χ0n) is 15.4. The van der Waals surface area contributed by atoms with Crippen LogP contribution in [0.1, 0.15) is 78.1 Å². The lowest BCUT2D eigenvalue weighted by atomic mass is 9.83. The Morgan fingerprint density at radius 1 is 0.667 bits per heavy atom. The van der Waals surface area contributed by atoms with Crippen molar-refractivity contribution in [3.63, 3.8) is 0 Å². The molecule has 138 valence electrons. The average molecular weight is 338 g/mol. The first-order valence-electron chi connectivity index (χ1n) is 9.89. The van der Waals surface area contributed by atoms with Crippen LogP contribution < -0.4 is 0 Å². The molecule has 0 heterocycles. The number of hydrogen-bond donors (Lipinski definition) is 0. The number of hydrogen-bond acceptors (Lipinski definition) is 4. The standard InChI is InChI=1S/C20H34O4/c1-15-5-9-17(10-6-15)19(21)23-13-3-4-14-24-20(22)18-11-7-16(2)8-12-18/h15-18H,3-14H2,1-2H3. The van der Waals surface area contributed by atoms with Gasteiger partial charge in [-0.15, -0.1) is 0 Å². The second-order valence-electron chi connectivity index (χ2n) is 7.96. The first-order valence-corrected chi connectivity index (χ1v) is 9.89. The highest BCUT2D eigenvalue weighted by Gasteiger charge is 2.26. The van der Waals surface area contributed by atoms with Gasteiger partial charge in [-0.3, -0.25) is 9.59 Å². The van der Waals surface area contributed by atoms with Crippen LogP contribution in [0.5, 0.6) is 0 Å². The van der Waals surface area contributed by atoms with Crippen molar-refractivity contribution in [1.82, 2.24) is 0 Å². The molecule has 0 unspecified atom stereocenters. The third kappa shape index (κ3) is 6.45. The molecular weight excluding hydrogens is 304 g/mol. The third-order valence-electron chi connectivity index (χ3n) is 5.73. The normalized spacial score (nSPS) is 30.6. The number of rotatable bonds is 7. The summed E-state index contributed by atoms with van der Waals surface area (Å²) in [6.45, 7) is 5.39. The maximum absolute atomic E-state index is 12.0. The van der Waals surface area contributed by atoms with E-state index in [4.69, 9.17) is 9.47 Å². The Hall–Kier alpha value is -1.06. The molecule has 2 aliphatic rings. The van der Waals surface area contributed by atoms with Crippen LogP contribution in [0.3, 0.4) is 0 Å². The van der Waals surface area contributed by atoms with Crippen molar-refractivity contribution in [2.75, 3.05) is 13.2 Å². The van der Waals surface area contributed by atoms with Gasteiger partial charge in [0.05, 0.1) is 25.0 Å². The van der Waals surface area contributed by atoms with Gasteiger partial charge in [-0.05, 0) is 76.0 Å². The lowest BCUT2D eigenvalue weighted by molar-refractivity contribution is -0.152. The first kappa shape index (κ1) is 19.3. The van der Waals surface area contributed by atoms with Crippen LogP contribution in [0.15, 0.2) is 0 Å². The van der Waals surface area contributed by atoms with Crippen molar-refractivity contribution in [2.45, 2.75) is 78.1 Å². The van der Waals surface area contributed by atoms with Crippen molar-refractivity contribution >= 4 is 11.9 Å². The van der Waals surface area contributed by atoms with Gasteiger partial charge in [0.15, 0.2) is 0 Å². The van der Waals surface area contributed by atoms with Crippen LogP contribution in [0, 0.1) is 23.7 Å². The molecule has 2 rings (SSSR count). The van der Waals surface area contributed by atoms with Gasteiger partial charge in [-0.25, -0.2) is 0 Å². The van der Waals surface area contributed by atoms with E-state index >= 15 is 0 Å². The molecule has 0 aromatic carbocycles. The fraction of sp³-hybridized carbons (Fsp3) is 0.900. The van der Waals surface area contributed by atoms with Crippen LogP contribution in [-0.4, -0.2) is 25.2 Å². The maximum atomic E-state index is 12.0. The molecule has 0 radical (unpaired) electrons. The summed E-state index contributed by atoms with van der Waals surface area (Å²) in [4.78, 5) is 23.9. The molecule has 0 aliphatic heterocycles. The fourth-order valence-electron chi connectivity index (χ4n) is 3.78. The van der Waals surface area contributed by atoms with Gasteiger partial charge in [0, 0.05) is 0 Å². The smallest absolute Gasteiger partial charge is 0.308 e. The first-order chi connectivity index (χ1) is 11.6. The van der Waals surface area contributed by atoms with E-state index in [-0.39, 0.29) is 23.8 Å². The quantitative estimate of drug-likeness (QED) is 0.506. The molecule has 4 heteroatoms. The van der Waals surface area contributed by atoms with E-state index < -0.39 is 0 Å². The summed E-state index contributed by atoms with van der Waals surface area (Å²) in [6, 6.07) is 0. The fourth-order valence-corrected chi connectivity index (χ4v) is 3.78. The molecule has 0 aromatic heterocycles. The minimum atomic E-state index is -0.0322. The Labute approximate surface area is 146 Å². The van der Waals surface area contributed by atoms with E-state index in [1.807, 2.05) is 0 Å². The summed E-state index contributed by atoms with van der Waals surface area (Å²) in [5.74, 6) is 1.64. The molecule has 24 heavy (non-hydrogen) atoms. The minimum Gasteiger partial charge on any atom is -0.465 e. The molecule has 2 fully saturated rings. The summed E-state index contributed by atoms with van der Waals surface area (Å²) in [7, 11) is 0.